The van der Waals surface area contributed by atoms with Crippen LogP contribution in [0.15, 0.2) is 0 Å². The number of rotatable bonds is 5. The number of halogens is 1. The zero-order valence-electron chi connectivity index (χ0n) is 9.62. The first-order valence-corrected chi connectivity index (χ1v) is 5.44. The predicted octanol–water partition coefficient (Wildman–Crippen LogP) is 1.41. The van der Waals surface area contributed by atoms with E-state index in [0.29, 0.717) is 6.61 Å². The molecular weight excluding hydrogens is 218 g/mol. The third-order valence-corrected chi connectivity index (χ3v) is 2.04. The number of amides is 1. The smallest absolute Gasteiger partial charge is 0.325 e. The molecule has 5 heteroatoms. The minimum atomic E-state index is -0.623. The van der Waals surface area contributed by atoms with Crippen molar-refractivity contribution in [1.82, 2.24) is 4.90 Å². The first-order chi connectivity index (χ1) is 6.90. The van der Waals surface area contributed by atoms with Crippen LogP contribution in [0, 0.1) is 0 Å². The van der Waals surface area contributed by atoms with Crippen LogP contribution in [-0.4, -0.2) is 41.3 Å². The van der Waals surface area contributed by atoms with Gasteiger partial charge in [0.05, 0.1) is 6.61 Å². The number of hydrogen-bond acceptors (Lipinski definition) is 3. The van der Waals surface area contributed by atoms with E-state index in [-0.39, 0.29) is 18.5 Å². The maximum Gasteiger partial charge on any atom is 0.325 e. The molecule has 0 aliphatic carbocycles. The fourth-order valence-electron chi connectivity index (χ4n) is 1.09. The van der Waals surface area contributed by atoms with E-state index in [1.807, 2.05) is 13.8 Å². The van der Waals surface area contributed by atoms with E-state index in [1.54, 1.807) is 13.8 Å². The number of carbonyl (C=O) groups excluding carboxylic acids is 2. The van der Waals surface area contributed by atoms with Crippen LogP contribution in [0.1, 0.15) is 27.7 Å². The molecule has 1 amide bonds. The first kappa shape index (κ1) is 14.2. The van der Waals surface area contributed by atoms with Crippen molar-refractivity contribution in [2.24, 2.45) is 0 Å². The molecule has 15 heavy (non-hydrogen) atoms. The van der Waals surface area contributed by atoms with E-state index in [1.165, 1.54) is 4.90 Å². The highest BCUT2D eigenvalue weighted by atomic mass is 35.5. The molecule has 0 spiro atoms. The highest BCUT2D eigenvalue weighted by Crippen LogP contribution is 2.06. The lowest BCUT2D eigenvalue weighted by atomic mass is 10.3. The van der Waals surface area contributed by atoms with Gasteiger partial charge in [0.15, 0.2) is 0 Å². The third kappa shape index (κ3) is 5.02. The van der Waals surface area contributed by atoms with E-state index < -0.39 is 11.3 Å². The van der Waals surface area contributed by atoms with Crippen molar-refractivity contribution >= 4 is 23.5 Å². The molecule has 1 unspecified atom stereocenters. The predicted molar refractivity (Wildman–Crippen MR) is 58.8 cm³/mol. The van der Waals surface area contributed by atoms with E-state index >= 15 is 0 Å². The molecule has 0 radical (unpaired) electrons. The monoisotopic (exact) mass is 235 g/mol. The van der Waals surface area contributed by atoms with Crippen LogP contribution in [0.2, 0.25) is 0 Å². The van der Waals surface area contributed by atoms with Crippen molar-refractivity contribution in [3.8, 4) is 0 Å². The molecule has 0 fully saturated rings. The summed E-state index contributed by atoms with van der Waals surface area (Å²) in [4.78, 5) is 24.2. The van der Waals surface area contributed by atoms with E-state index in [4.69, 9.17) is 16.3 Å². The lowest BCUT2D eigenvalue weighted by Crippen LogP contribution is -2.44. The van der Waals surface area contributed by atoms with Gasteiger partial charge in [-0.05, 0) is 27.7 Å². The Balaban J connectivity index is 4.41. The van der Waals surface area contributed by atoms with Crippen molar-refractivity contribution in [2.75, 3.05) is 13.2 Å². The molecule has 88 valence electrons. The number of alkyl halides is 1. The summed E-state index contributed by atoms with van der Waals surface area (Å²) in [6.07, 6.45) is 0. The van der Waals surface area contributed by atoms with Crippen LogP contribution in [0.5, 0.6) is 0 Å². The molecular formula is C10H18ClNO3. The first-order valence-electron chi connectivity index (χ1n) is 5.00. The molecule has 0 aromatic heterocycles. The van der Waals surface area contributed by atoms with Gasteiger partial charge >= 0.3 is 5.97 Å². The minimum absolute atomic E-state index is 0.0403. The Morgan fingerprint density at radius 1 is 1.33 bits per heavy atom. The van der Waals surface area contributed by atoms with E-state index in [0.717, 1.165) is 0 Å². The topological polar surface area (TPSA) is 46.6 Å². The summed E-state index contributed by atoms with van der Waals surface area (Å²) in [5.41, 5.74) is 0. The molecule has 4 nitrogen and oxygen atoms in total. The molecule has 0 saturated carbocycles. The summed E-state index contributed by atoms with van der Waals surface area (Å²) in [6.45, 7) is 7.25. The lowest BCUT2D eigenvalue weighted by molar-refractivity contribution is -0.149. The average molecular weight is 236 g/mol. The third-order valence-electron chi connectivity index (χ3n) is 1.85. The van der Waals surface area contributed by atoms with Gasteiger partial charge in [0, 0.05) is 6.04 Å². The zero-order chi connectivity index (χ0) is 12.0. The number of nitrogens with zero attached hydrogens (tertiary/aromatic N) is 1. The van der Waals surface area contributed by atoms with Gasteiger partial charge in [-0.1, -0.05) is 0 Å². The van der Waals surface area contributed by atoms with Gasteiger partial charge in [0.2, 0.25) is 5.91 Å². The average Bonchev–Trinajstić information content (AvgIpc) is 2.13. The normalized spacial score (nSPS) is 12.4. The van der Waals surface area contributed by atoms with Crippen molar-refractivity contribution in [2.45, 2.75) is 39.1 Å². The number of esters is 1. The van der Waals surface area contributed by atoms with E-state index in [9.17, 15) is 9.59 Å². The summed E-state index contributed by atoms with van der Waals surface area (Å²) >= 11 is 5.68. The summed E-state index contributed by atoms with van der Waals surface area (Å²) < 4.78 is 4.78. The molecule has 0 aliphatic heterocycles. The van der Waals surface area contributed by atoms with E-state index in [2.05, 4.69) is 0 Å². The van der Waals surface area contributed by atoms with Crippen molar-refractivity contribution in [3.63, 3.8) is 0 Å². The van der Waals surface area contributed by atoms with Crippen LogP contribution in [0.3, 0.4) is 0 Å². The molecule has 0 rings (SSSR count). The second kappa shape index (κ2) is 6.67. The molecule has 0 aromatic rings. The van der Waals surface area contributed by atoms with Crippen LogP contribution >= 0.6 is 11.6 Å². The zero-order valence-corrected chi connectivity index (χ0v) is 10.4. The largest absolute Gasteiger partial charge is 0.465 e. The molecule has 0 heterocycles. The number of hydrogen-bond donors (Lipinski definition) is 0. The van der Waals surface area contributed by atoms with Crippen molar-refractivity contribution in [1.29, 1.82) is 0 Å². The van der Waals surface area contributed by atoms with Gasteiger partial charge in [-0.2, -0.15) is 0 Å². The summed E-state index contributed by atoms with van der Waals surface area (Å²) in [5.74, 6) is -0.656. The maximum absolute atomic E-state index is 11.6. The van der Waals surface area contributed by atoms with Gasteiger partial charge in [-0.15, -0.1) is 11.6 Å². The molecule has 0 aromatic carbocycles. The Morgan fingerprint density at radius 3 is 2.20 bits per heavy atom. The number of ether oxygens (including phenoxy) is 1. The second-order valence-corrected chi connectivity index (χ2v) is 4.14. The molecule has 1 atom stereocenters. The van der Waals surface area contributed by atoms with Gasteiger partial charge in [0.25, 0.3) is 0 Å². The maximum atomic E-state index is 11.6. The van der Waals surface area contributed by atoms with Crippen molar-refractivity contribution < 1.29 is 14.3 Å². The highest BCUT2D eigenvalue weighted by molar-refractivity contribution is 6.30. The lowest BCUT2D eigenvalue weighted by Gasteiger charge is -2.26. The molecule has 0 bridgehead atoms. The van der Waals surface area contributed by atoms with Crippen molar-refractivity contribution in [3.05, 3.63) is 0 Å². The van der Waals surface area contributed by atoms with Gasteiger partial charge in [-0.3, -0.25) is 9.59 Å². The molecule has 0 aliphatic rings. The summed E-state index contributed by atoms with van der Waals surface area (Å²) in [7, 11) is 0. The standard InChI is InChI=1S/C10H18ClNO3/c1-5-15-9(13)6-12(7(2)3)10(14)8(4)11/h7-8H,5-6H2,1-4H3. The van der Waals surface area contributed by atoms with Gasteiger partial charge in [0.1, 0.15) is 11.9 Å². The fraction of sp³-hybridized carbons (Fsp3) is 0.800. The highest BCUT2D eigenvalue weighted by Gasteiger charge is 2.23. The summed E-state index contributed by atoms with van der Waals surface area (Å²) in [6, 6.07) is -0.0666. The molecule has 0 N–H and O–H groups in total. The Bertz CT molecular complexity index is 229. The Morgan fingerprint density at radius 2 is 1.87 bits per heavy atom. The van der Waals surface area contributed by atoms with Crippen LogP contribution in [-0.2, 0) is 14.3 Å². The summed E-state index contributed by atoms with van der Waals surface area (Å²) in [5, 5.41) is -0.623. The Kier molecular flexibility index (Phi) is 6.32. The number of carbonyl (C=O) groups is 2. The molecule has 0 saturated heterocycles. The fourth-order valence-corrected chi connectivity index (χ4v) is 1.21. The Hall–Kier alpha value is -0.770. The van der Waals surface area contributed by atoms with Gasteiger partial charge < -0.3 is 9.64 Å². The van der Waals surface area contributed by atoms with Crippen LogP contribution in [0.25, 0.3) is 0 Å². The SMILES string of the molecule is CCOC(=O)CN(C(=O)C(C)Cl)C(C)C. The Labute approximate surface area is 95.5 Å². The second-order valence-electron chi connectivity index (χ2n) is 3.48. The quantitative estimate of drug-likeness (QED) is 0.535. The minimum Gasteiger partial charge on any atom is -0.465 e. The van der Waals surface area contributed by atoms with Gasteiger partial charge in [-0.25, -0.2) is 0 Å². The van der Waals surface area contributed by atoms with Crippen LogP contribution in [0.4, 0.5) is 0 Å². The van der Waals surface area contributed by atoms with Crippen LogP contribution < -0.4 is 0 Å².